The molecule has 0 aromatic rings. The van der Waals surface area contributed by atoms with Gasteiger partial charge in [0.1, 0.15) is 0 Å². The van der Waals surface area contributed by atoms with Crippen LogP contribution in [0, 0.1) is 5.92 Å². The van der Waals surface area contributed by atoms with Crippen LogP contribution in [0.3, 0.4) is 0 Å². The summed E-state index contributed by atoms with van der Waals surface area (Å²) in [6.07, 6.45) is 7.49. The molecule has 1 amide bonds. The number of allylic oxidation sites excluding steroid dienone is 1. The van der Waals surface area contributed by atoms with Crippen LogP contribution in [0.25, 0.3) is 0 Å². The van der Waals surface area contributed by atoms with E-state index in [0.717, 1.165) is 25.8 Å². The minimum absolute atomic E-state index is 0.319. The van der Waals surface area contributed by atoms with Gasteiger partial charge < -0.3 is 9.33 Å². The third-order valence-electron chi connectivity index (χ3n) is 5.65. The highest BCUT2D eigenvalue weighted by molar-refractivity contribution is 6.73. The summed E-state index contributed by atoms with van der Waals surface area (Å²) in [6.45, 7) is 9.84. The quantitative estimate of drug-likeness (QED) is 0.549. The van der Waals surface area contributed by atoms with E-state index in [1.807, 2.05) is 0 Å². The Bertz CT molecular complexity index is 384. The maximum absolute atomic E-state index is 12.0. The van der Waals surface area contributed by atoms with Crippen LogP contribution < -0.4 is 0 Å². The molecular formula is C17H31NO2Si. The summed E-state index contributed by atoms with van der Waals surface area (Å²) >= 11 is 0. The third kappa shape index (κ3) is 3.26. The molecule has 3 nitrogen and oxygen atoms in total. The summed E-state index contributed by atoms with van der Waals surface area (Å²) in [4.78, 5) is 14.1. The average molecular weight is 310 g/mol. The fourth-order valence-corrected chi connectivity index (χ4v) is 7.00. The fraction of sp³-hybridized carbons (Fsp3) is 0.824. The van der Waals surface area contributed by atoms with E-state index >= 15 is 0 Å². The number of carbonyl (C=O) groups excluding carboxylic acids is 1. The van der Waals surface area contributed by atoms with Gasteiger partial charge in [0.2, 0.25) is 5.91 Å². The molecule has 2 aliphatic rings. The van der Waals surface area contributed by atoms with E-state index < -0.39 is 8.32 Å². The van der Waals surface area contributed by atoms with Gasteiger partial charge in [0.05, 0.1) is 6.10 Å². The van der Waals surface area contributed by atoms with Crippen molar-refractivity contribution in [1.82, 2.24) is 4.90 Å². The Kier molecular flexibility index (Phi) is 5.66. The van der Waals surface area contributed by atoms with Gasteiger partial charge in [0.25, 0.3) is 0 Å². The van der Waals surface area contributed by atoms with E-state index in [2.05, 4.69) is 44.7 Å². The molecular weight excluding hydrogens is 278 g/mol. The average Bonchev–Trinajstić information content (AvgIpc) is 2.89. The second-order valence-corrected chi connectivity index (χ2v) is 11.2. The van der Waals surface area contributed by atoms with Gasteiger partial charge in [-0.3, -0.25) is 4.79 Å². The molecule has 0 aromatic carbocycles. The fourth-order valence-electron chi connectivity index (χ4n) is 4.09. The summed E-state index contributed by atoms with van der Waals surface area (Å²) in [5.41, 5.74) is 0. The smallest absolute Gasteiger partial charge is 0.222 e. The highest BCUT2D eigenvalue weighted by atomic mass is 28.4. The lowest BCUT2D eigenvalue weighted by molar-refractivity contribution is -0.131. The SMILES string of the molecule is C/C=C/[C@@H]1[C@@H](O[Si](CC)(CC)CC)CCN2C(=O)CC[C@@H]12. The Morgan fingerprint density at radius 1 is 1.24 bits per heavy atom. The maximum Gasteiger partial charge on any atom is 0.222 e. The van der Waals surface area contributed by atoms with Crippen molar-refractivity contribution >= 4 is 14.2 Å². The van der Waals surface area contributed by atoms with Crippen LogP contribution in [0.2, 0.25) is 18.1 Å². The summed E-state index contributed by atoms with van der Waals surface area (Å²) in [7, 11) is -1.57. The van der Waals surface area contributed by atoms with Gasteiger partial charge in [-0.2, -0.15) is 0 Å². The molecule has 0 spiro atoms. The summed E-state index contributed by atoms with van der Waals surface area (Å²) < 4.78 is 6.78. The van der Waals surface area contributed by atoms with Crippen LogP contribution in [0.4, 0.5) is 0 Å². The van der Waals surface area contributed by atoms with Gasteiger partial charge in [-0.05, 0) is 37.9 Å². The van der Waals surface area contributed by atoms with Crippen LogP contribution in [0.1, 0.15) is 47.0 Å². The second kappa shape index (κ2) is 7.10. The van der Waals surface area contributed by atoms with Gasteiger partial charge in [0, 0.05) is 24.9 Å². The summed E-state index contributed by atoms with van der Waals surface area (Å²) in [5.74, 6) is 0.740. The van der Waals surface area contributed by atoms with Crippen molar-refractivity contribution in [3.63, 3.8) is 0 Å². The van der Waals surface area contributed by atoms with Gasteiger partial charge in [-0.25, -0.2) is 0 Å². The van der Waals surface area contributed by atoms with Crippen molar-refractivity contribution in [2.75, 3.05) is 6.54 Å². The molecule has 120 valence electrons. The van der Waals surface area contributed by atoms with E-state index in [1.165, 1.54) is 18.1 Å². The zero-order valence-corrected chi connectivity index (χ0v) is 15.1. The number of fused-ring (bicyclic) bond motifs is 1. The molecule has 2 fully saturated rings. The molecule has 2 rings (SSSR count). The molecule has 21 heavy (non-hydrogen) atoms. The number of hydrogen-bond acceptors (Lipinski definition) is 2. The Balaban J connectivity index is 2.17. The highest BCUT2D eigenvalue weighted by Crippen LogP contribution is 2.37. The highest BCUT2D eigenvalue weighted by Gasteiger charge is 2.45. The van der Waals surface area contributed by atoms with Gasteiger partial charge >= 0.3 is 0 Å². The first-order chi connectivity index (χ1) is 10.1. The van der Waals surface area contributed by atoms with Crippen molar-refractivity contribution in [3.8, 4) is 0 Å². The lowest BCUT2D eigenvalue weighted by Gasteiger charge is -2.44. The lowest BCUT2D eigenvalue weighted by atomic mass is 9.86. The summed E-state index contributed by atoms with van der Waals surface area (Å²) in [5, 5.41) is 0. The number of hydrogen-bond donors (Lipinski definition) is 0. The molecule has 0 unspecified atom stereocenters. The Hall–Kier alpha value is -0.613. The van der Waals surface area contributed by atoms with Crippen molar-refractivity contribution in [1.29, 1.82) is 0 Å². The first-order valence-electron chi connectivity index (χ1n) is 8.70. The van der Waals surface area contributed by atoms with Gasteiger partial charge in [-0.1, -0.05) is 32.9 Å². The van der Waals surface area contributed by atoms with E-state index in [4.69, 9.17) is 4.43 Å². The first-order valence-corrected chi connectivity index (χ1v) is 11.2. The molecule has 3 atom stereocenters. The van der Waals surface area contributed by atoms with Crippen molar-refractivity contribution in [2.45, 2.75) is 77.2 Å². The van der Waals surface area contributed by atoms with Crippen LogP contribution in [0.5, 0.6) is 0 Å². The molecule has 0 aromatic heterocycles. The normalized spacial score (nSPS) is 30.2. The van der Waals surface area contributed by atoms with E-state index in [0.29, 0.717) is 24.0 Å². The van der Waals surface area contributed by atoms with Gasteiger partial charge in [-0.15, -0.1) is 0 Å². The molecule has 0 bridgehead atoms. The molecule has 2 heterocycles. The number of piperidine rings is 1. The number of rotatable bonds is 6. The van der Waals surface area contributed by atoms with Crippen LogP contribution in [0.15, 0.2) is 12.2 Å². The van der Waals surface area contributed by atoms with Crippen molar-refractivity contribution in [2.24, 2.45) is 5.92 Å². The molecule has 0 radical (unpaired) electrons. The Morgan fingerprint density at radius 2 is 1.90 bits per heavy atom. The number of nitrogens with zero attached hydrogens (tertiary/aromatic N) is 1. The van der Waals surface area contributed by atoms with E-state index in [-0.39, 0.29) is 0 Å². The minimum Gasteiger partial charge on any atom is -0.413 e. The molecule has 0 aliphatic carbocycles. The van der Waals surface area contributed by atoms with Crippen LogP contribution >= 0.6 is 0 Å². The van der Waals surface area contributed by atoms with Gasteiger partial charge in [0.15, 0.2) is 8.32 Å². The molecule has 0 saturated carbocycles. The van der Waals surface area contributed by atoms with E-state index in [1.54, 1.807) is 0 Å². The van der Waals surface area contributed by atoms with Crippen LogP contribution in [-0.4, -0.2) is 37.8 Å². The number of carbonyl (C=O) groups is 1. The lowest BCUT2D eigenvalue weighted by Crippen LogP contribution is -2.53. The summed E-state index contributed by atoms with van der Waals surface area (Å²) in [6, 6.07) is 3.98. The van der Waals surface area contributed by atoms with Crippen molar-refractivity contribution in [3.05, 3.63) is 12.2 Å². The zero-order valence-electron chi connectivity index (χ0n) is 14.1. The molecule has 4 heteroatoms. The zero-order chi connectivity index (χ0) is 15.5. The standard InChI is InChI=1S/C17H31NO2Si/c1-5-9-14-15-10-11-17(19)18(15)13-12-16(14)20-21(6-2,7-3)8-4/h5,9,14-16H,6-8,10-13H2,1-4H3/b9-5+/t14-,15-,16-/m0/s1. The minimum atomic E-state index is -1.57. The van der Waals surface area contributed by atoms with E-state index in [9.17, 15) is 4.79 Å². The number of amides is 1. The predicted octanol–water partition coefficient (Wildman–Crippen LogP) is 3.96. The largest absolute Gasteiger partial charge is 0.413 e. The first kappa shape index (κ1) is 16.8. The topological polar surface area (TPSA) is 29.5 Å². The Labute approximate surface area is 130 Å². The third-order valence-corrected chi connectivity index (χ3v) is 10.3. The maximum atomic E-state index is 12.0. The Morgan fingerprint density at radius 3 is 2.48 bits per heavy atom. The molecule has 2 saturated heterocycles. The van der Waals surface area contributed by atoms with Crippen LogP contribution in [-0.2, 0) is 9.22 Å². The second-order valence-electron chi connectivity index (χ2n) is 6.48. The predicted molar refractivity (Wildman–Crippen MR) is 89.7 cm³/mol. The molecule has 2 aliphatic heterocycles. The molecule has 0 N–H and O–H groups in total. The monoisotopic (exact) mass is 309 g/mol. The van der Waals surface area contributed by atoms with Crippen molar-refractivity contribution < 1.29 is 9.22 Å².